The first-order valence-electron chi connectivity index (χ1n) is 11.5. The van der Waals surface area contributed by atoms with E-state index in [1.54, 1.807) is 17.1 Å². The maximum Gasteiger partial charge on any atom is 0.228 e. The molecule has 1 N–H and O–H groups in total. The number of aromatic nitrogens is 7. The molecular formula is C25H25N9. The van der Waals surface area contributed by atoms with E-state index >= 15 is 0 Å². The molecule has 0 amide bonds. The first-order valence-corrected chi connectivity index (χ1v) is 11.5. The van der Waals surface area contributed by atoms with Gasteiger partial charge in [0, 0.05) is 43.9 Å². The fourth-order valence-electron chi connectivity index (χ4n) is 4.64. The predicted molar refractivity (Wildman–Crippen MR) is 131 cm³/mol. The molecule has 0 saturated heterocycles. The molecule has 9 heteroatoms. The lowest BCUT2D eigenvalue weighted by atomic mass is 9.96. The second kappa shape index (κ2) is 8.26. The third-order valence-electron chi connectivity index (χ3n) is 6.36. The molecule has 1 aliphatic heterocycles. The lowest BCUT2D eigenvalue weighted by Crippen LogP contribution is -2.35. The Labute approximate surface area is 197 Å². The van der Waals surface area contributed by atoms with E-state index in [4.69, 9.17) is 4.98 Å². The molecule has 6 rings (SSSR count). The van der Waals surface area contributed by atoms with Crippen molar-refractivity contribution in [2.24, 2.45) is 7.05 Å². The number of hydrogen-bond donors (Lipinski definition) is 1. The molecule has 0 unspecified atom stereocenters. The lowest BCUT2D eigenvalue weighted by Gasteiger charge is -2.33. The van der Waals surface area contributed by atoms with Gasteiger partial charge in [0.25, 0.3) is 0 Å². The number of anilines is 3. The van der Waals surface area contributed by atoms with Crippen molar-refractivity contribution in [1.29, 1.82) is 0 Å². The highest BCUT2D eigenvalue weighted by Crippen LogP contribution is 2.35. The van der Waals surface area contributed by atoms with Gasteiger partial charge in [-0.2, -0.15) is 5.10 Å². The number of rotatable bonds is 6. The molecule has 0 saturated carbocycles. The fourth-order valence-corrected chi connectivity index (χ4v) is 4.64. The summed E-state index contributed by atoms with van der Waals surface area (Å²) in [5.74, 6) is 3.74. The molecule has 9 nitrogen and oxygen atoms in total. The number of nitrogens with one attached hydrogen (secondary N) is 1. The van der Waals surface area contributed by atoms with E-state index in [-0.39, 0.29) is 5.92 Å². The molecule has 1 atom stereocenters. The predicted octanol–water partition coefficient (Wildman–Crippen LogP) is 3.83. The van der Waals surface area contributed by atoms with Crippen LogP contribution < -0.4 is 10.2 Å². The van der Waals surface area contributed by atoms with Crippen LogP contribution in [0.15, 0.2) is 67.0 Å². The van der Waals surface area contributed by atoms with Crippen molar-refractivity contribution < 1.29 is 0 Å². The van der Waals surface area contributed by atoms with Gasteiger partial charge in [0.15, 0.2) is 5.65 Å². The van der Waals surface area contributed by atoms with Crippen LogP contribution in [0.25, 0.3) is 16.9 Å². The van der Waals surface area contributed by atoms with Crippen molar-refractivity contribution in [2.75, 3.05) is 23.3 Å². The maximum absolute atomic E-state index is 4.75. The van der Waals surface area contributed by atoms with Crippen molar-refractivity contribution in [3.63, 3.8) is 0 Å². The summed E-state index contributed by atoms with van der Waals surface area (Å²) in [6.45, 7) is 3.99. The van der Waals surface area contributed by atoms with Crippen LogP contribution in [0.1, 0.15) is 24.2 Å². The average molecular weight is 452 g/mol. The summed E-state index contributed by atoms with van der Waals surface area (Å²) in [5.41, 5.74) is 3.95. The molecule has 0 spiro atoms. The number of likely N-dealkylation sites (N-methyl/N-ethyl adjacent to an activating group) is 1. The van der Waals surface area contributed by atoms with Crippen LogP contribution in [-0.4, -0.2) is 47.4 Å². The molecule has 5 heterocycles. The van der Waals surface area contributed by atoms with E-state index in [1.165, 1.54) is 5.56 Å². The Bertz CT molecular complexity index is 1450. The molecular weight excluding hydrogens is 426 g/mol. The van der Waals surface area contributed by atoms with Gasteiger partial charge < -0.3 is 10.2 Å². The topological polar surface area (TPSA) is 89.1 Å². The van der Waals surface area contributed by atoms with E-state index in [9.17, 15) is 0 Å². The Morgan fingerprint density at radius 2 is 1.91 bits per heavy atom. The summed E-state index contributed by atoms with van der Waals surface area (Å²) in [5, 5.41) is 16.6. The van der Waals surface area contributed by atoms with Gasteiger partial charge >= 0.3 is 0 Å². The SMILES string of the molecule is CCN1C[C@@H](Cc2ccccc2)c2nnc3cc(-c4ccnc(Nc5ccnn5C)n4)cc1n23. The maximum atomic E-state index is 4.75. The van der Waals surface area contributed by atoms with Crippen molar-refractivity contribution >= 4 is 23.2 Å². The minimum Gasteiger partial charge on any atom is -0.357 e. The molecule has 1 aliphatic rings. The largest absolute Gasteiger partial charge is 0.357 e. The van der Waals surface area contributed by atoms with E-state index in [0.29, 0.717) is 5.95 Å². The summed E-state index contributed by atoms with van der Waals surface area (Å²) < 4.78 is 3.94. The Hall–Kier alpha value is -4.27. The number of nitrogens with zero attached hydrogens (tertiary/aromatic N) is 8. The zero-order chi connectivity index (χ0) is 23.1. The first kappa shape index (κ1) is 20.3. The van der Waals surface area contributed by atoms with Gasteiger partial charge in [-0.05, 0) is 37.1 Å². The molecule has 5 aromatic rings. The Morgan fingerprint density at radius 3 is 2.71 bits per heavy atom. The van der Waals surface area contributed by atoms with Gasteiger partial charge in [-0.3, -0.25) is 9.08 Å². The van der Waals surface area contributed by atoms with Gasteiger partial charge in [0.05, 0.1) is 11.9 Å². The monoisotopic (exact) mass is 451 g/mol. The third kappa shape index (κ3) is 3.55. The minimum atomic E-state index is 0.282. The smallest absolute Gasteiger partial charge is 0.228 e. The first-order chi connectivity index (χ1) is 16.7. The number of hydrogen-bond acceptors (Lipinski definition) is 7. The molecule has 170 valence electrons. The van der Waals surface area contributed by atoms with Crippen LogP contribution in [0.3, 0.4) is 0 Å². The minimum absolute atomic E-state index is 0.282. The van der Waals surface area contributed by atoms with Gasteiger partial charge in [0.1, 0.15) is 17.5 Å². The summed E-state index contributed by atoms with van der Waals surface area (Å²) in [4.78, 5) is 11.5. The number of aryl methyl sites for hydroxylation is 1. The molecule has 1 aromatic carbocycles. The molecule has 0 fully saturated rings. The van der Waals surface area contributed by atoms with E-state index in [2.05, 4.69) is 84.3 Å². The molecule has 0 aliphatic carbocycles. The van der Waals surface area contributed by atoms with E-state index < -0.39 is 0 Å². The Balaban J connectivity index is 1.38. The second-order valence-electron chi connectivity index (χ2n) is 8.51. The van der Waals surface area contributed by atoms with Crippen LogP contribution in [0.4, 0.5) is 17.6 Å². The van der Waals surface area contributed by atoms with Crippen LogP contribution in [0, 0.1) is 0 Å². The summed E-state index contributed by atoms with van der Waals surface area (Å²) in [6, 6.07) is 18.6. The summed E-state index contributed by atoms with van der Waals surface area (Å²) in [6.07, 6.45) is 4.44. The van der Waals surface area contributed by atoms with Gasteiger partial charge in [-0.25, -0.2) is 9.97 Å². The zero-order valence-corrected chi connectivity index (χ0v) is 19.1. The van der Waals surface area contributed by atoms with Gasteiger partial charge in [-0.15, -0.1) is 10.2 Å². The van der Waals surface area contributed by atoms with E-state index in [1.807, 2.05) is 19.2 Å². The summed E-state index contributed by atoms with van der Waals surface area (Å²) >= 11 is 0. The van der Waals surface area contributed by atoms with Gasteiger partial charge in [-0.1, -0.05) is 30.3 Å². The Morgan fingerprint density at radius 1 is 1.03 bits per heavy atom. The van der Waals surface area contributed by atoms with Crippen molar-refractivity contribution in [2.45, 2.75) is 19.3 Å². The quantitative estimate of drug-likeness (QED) is 0.420. The molecule has 4 aromatic heterocycles. The average Bonchev–Trinajstić information content (AvgIpc) is 3.48. The molecule has 34 heavy (non-hydrogen) atoms. The molecule has 0 bridgehead atoms. The van der Waals surface area contributed by atoms with Crippen molar-refractivity contribution in [3.8, 4) is 11.3 Å². The molecule has 0 radical (unpaired) electrons. The van der Waals surface area contributed by atoms with Gasteiger partial charge in [0.2, 0.25) is 5.95 Å². The van der Waals surface area contributed by atoms with Crippen molar-refractivity contribution in [1.82, 2.24) is 34.3 Å². The van der Waals surface area contributed by atoms with Crippen LogP contribution in [0.2, 0.25) is 0 Å². The number of benzene rings is 1. The zero-order valence-electron chi connectivity index (χ0n) is 19.1. The van der Waals surface area contributed by atoms with Crippen LogP contribution in [-0.2, 0) is 13.5 Å². The highest BCUT2D eigenvalue weighted by Gasteiger charge is 2.29. The fraction of sp³-hybridized carbons (Fsp3) is 0.240. The normalized spacial score (nSPS) is 15.1. The van der Waals surface area contributed by atoms with Crippen LogP contribution in [0.5, 0.6) is 0 Å². The lowest BCUT2D eigenvalue weighted by molar-refractivity contribution is 0.573. The van der Waals surface area contributed by atoms with Crippen LogP contribution >= 0.6 is 0 Å². The Kier molecular flexibility index (Phi) is 4.94. The highest BCUT2D eigenvalue weighted by molar-refractivity contribution is 5.71. The standard InChI is InChI=1S/C25H25N9/c1-3-33-16-19(13-17-7-5-4-6-8-17)24-31-30-22-14-18(15-23(33)34(22)24)20-9-11-26-25(28-20)29-21-10-12-27-32(21)2/h4-12,14-15,19H,3,13,16H2,1-2H3,(H,26,28,29)/t19-/m1/s1. The second-order valence-corrected chi connectivity index (χ2v) is 8.51. The highest BCUT2D eigenvalue weighted by atomic mass is 15.3. The number of pyridine rings is 1. The summed E-state index contributed by atoms with van der Waals surface area (Å²) in [7, 11) is 1.87. The van der Waals surface area contributed by atoms with Crippen molar-refractivity contribution in [3.05, 3.63) is 78.4 Å². The van der Waals surface area contributed by atoms with E-state index in [0.717, 1.165) is 53.9 Å². The third-order valence-corrected chi connectivity index (χ3v) is 6.36.